The van der Waals surface area contributed by atoms with Crippen LogP contribution in [-0.2, 0) is 0 Å². The number of pyridine rings is 1. The summed E-state index contributed by atoms with van der Waals surface area (Å²) in [7, 11) is 0. The van der Waals surface area contributed by atoms with Crippen LogP contribution >= 0.6 is 0 Å². The predicted molar refractivity (Wildman–Crippen MR) is 184 cm³/mol. The fourth-order valence-corrected chi connectivity index (χ4v) is 7.87. The number of piperazine rings is 1. The smallest absolute Gasteiger partial charge is 0.319 e. The third-order valence-electron chi connectivity index (χ3n) is 10.7. The Morgan fingerprint density at radius 1 is 1.00 bits per heavy atom. The zero-order valence-electron chi connectivity index (χ0n) is 27.9. The van der Waals surface area contributed by atoms with Gasteiger partial charge in [0.15, 0.2) is 5.82 Å². The van der Waals surface area contributed by atoms with E-state index < -0.39 is 17.7 Å². The second-order valence-electron chi connectivity index (χ2n) is 14.0. The van der Waals surface area contributed by atoms with E-state index in [0.717, 1.165) is 32.2 Å². The van der Waals surface area contributed by atoms with Crippen LogP contribution in [0.4, 0.5) is 23.4 Å². The molecule has 2 bridgehead atoms. The van der Waals surface area contributed by atoms with Crippen LogP contribution in [0.15, 0.2) is 42.0 Å². The van der Waals surface area contributed by atoms with Gasteiger partial charge in [-0.1, -0.05) is 30.2 Å². The van der Waals surface area contributed by atoms with Gasteiger partial charge in [0.05, 0.1) is 18.8 Å². The molecule has 2 aromatic heterocycles. The lowest BCUT2D eigenvalue weighted by Crippen LogP contribution is -2.51. The van der Waals surface area contributed by atoms with Crippen molar-refractivity contribution in [3.63, 3.8) is 0 Å². The molecular weight excluding hydrogens is 648 g/mol. The van der Waals surface area contributed by atoms with E-state index in [-0.39, 0.29) is 58.3 Å². The van der Waals surface area contributed by atoms with E-state index in [0.29, 0.717) is 73.2 Å². The van der Waals surface area contributed by atoms with Gasteiger partial charge in [0.2, 0.25) is 5.88 Å². The highest BCUT2D eigenvalue weighted by atomic mass is 19.3. The number of likely N-dealkylation sites (tertiary alicyclic amines) is 1. The molecule has 0 unspecified atom stereocenters. The fraction of sp³-hybridized carbons (Fsp3) is 0.447. The van der Waals surface area contributed by atoms with Crippen LogP contribution in [0, 0.1) is 29.4 Å². The number of halogens is 4. The zero-order chi connectivity index (χ0) is 34.6. The van der Waals surface area contributed by atoms with Gasteiger partial charge in [0, 0.05) is 61.2 Å². The van der Waals surface area contributed by atoms with Crippen LogP contribution in [0.3, 0.4) is 0 Å². The number of aromatic nitrogens is 3. The third kappa shape index (κ3) is 6.00. The van der Waals surface area contributed by atoms with E-state index in [1.807, 2.05) is 6.92 Å². The van der Waals surface area contributed by atoms with Crippen molar-refractivity contribution in [3.8, 4) is 35.5 Å². The number of anilines is 1. The lowest BCUT2D eigenvalue weighted by Gasteiger charge is -2.34. The zero-order valence-corrected chi connectivity index (χ0v) is 27.9. The van der Waals surface area contributed by atoms with Gasteiger partial charge in [-0.15, -0.1) is 6.42 Å². The average molecular weight is 687 g/mol. The number of fused-ring (bicyclic) bond motifs is 4. The predicted octanol–water partition coefficient (Wildman–Crippen LogP) is 6.85. The summed E-state index contributed by atoms with van der Waals surface area (Å²) in [6.45, 7) is 5.61. The lowest BCUT2D eigenvalue weighted by molar-refractivity contribution is 0.146. The summed E-state index contributed by atoms with van der Waals surface area (Å²) in [5, 5.41) is 5.00. The SMILES string of the molecule is C#Cc1c(F)ccc2cccc(-c3nc(OCC)c4c(N5C[C@H]6CC[C@@H](C5)N6)nc(OCC5(CN6CCC(=C(F)F)CC6)CC5)nc4c3F)c12. The van der Waals surface area contributed by atoms with Crippen molar-refractivity contribution in [3.05, 3.63) is 59.2 Å². The molecule has 0 radical (unpaired) electrons. The number of nitrogens with zero attached hydrogens (tertiary/aromatic N) is 5. The Morgan fingerprint density at radius 3 is 2.44 bits per heavy atom. The molecule has 0 spiro atoms. The van der Waals surface area contributed by atoms with E-state index in [9.17, 15) is 13.2 Å². The summed E-state index contributed by atoms with van der Waals surface area (Å²) in [5.41, 5.74) is 0.361. The van der Waals surface area contributed by atoms with Gasteiger partial charge in [0.25, 0.3) is 6.08 Å². The number of hydrogen-bond donors (Lipinski definition) is 1. The maximum Gasteiger partial charge on any atom is 0.319 e. The van der Waals surface area contributed by atoms with Gasteiger partial charge in [-0.3, -0.25) is 0 Å². The van der Waals surface area contributed by atoms with E-state index in [2.05, 4.69) is 26.0 Å². The average Bonchev–Trinajstić information content (AvgIpc) is 3.81. The van der Waals surface area contributed by atoms with Crippen molar-refractivity contribution in [1.82, 2.24) is 25.2 Å². The monoisotopic (exact) mass is 686 g/mol. The molecule has 3 aliphatic heterocycles. The van der Waals surface area contributed by atoms with Gasteiger partial charge < -0.3 is 24.6 Å². The number of terminal acetylenes is 1. The van der Waals surface area contributed by atoms with Crippen molar-refractivity contribution >= 4 is 27.5 Å². The van der Waals surface area contributed by atoms with Crippen molar-refractivity contribution < 1.29 is 27.0 Å². The van der Waals surface area contributed by atoms with Crippen molar-refractivity contribution in [2.75, 3.05) is 50.8 Å². The summed E-state index contributed by atoms with van der Waals surface area (Å²) in [6, 6.07) is 8.69. The highest BCUT2D eigenvalue weighted by Crippen LogP contribution is 2.47. The molecule has 1 N–H and O–H groups in total. The molecule has 260 valence electrons. The van der Waals surface area contributed by atoms with Gasteiger partial charge >= 0.3 is 6.01 Å². The molecule has 2 aromatic carbocycles. The summed E-state index contributed by atoms with van der Waals surface area (Å²) < 4.78 is 70.8. The van der Waals surface area contributed by atoms with Gasteiger partial charge in [0.1, 0.15) is 28.2 Å². The number of piperidine rings is 1. The fourth-order valence-electron chi connectivity index (χ4n) is 7.87. The number of benzene rings is 2. The molecule has 12 heteroatoms. The Labute approximate surface area is 287 Å². The van der Waals surface area contributed by atoms with Crippen LogP contribution in [0.5, 0.6) is 11.9 Å². The van der Waals surface area contributed by atoms with Crippen LogP contribution < -0.4 is 19.7 Å². The van der Waals surface area contributed by atoms with E-state index in [4.69, 9.17) is 25.9 Å². The van der Waals surface area contributed by atoms with Crippen LogP contribution in [0.2, 0.25) is 0 Å². The second kappa shape index (κ2) is 13.0. The molecule has 8 rings (SSSR count). The largest absolute Gasteiger partial charge is 0.477 e. The first-order valence-electron chi connectivity index (χ1n) is 17.4. The maximum absolute atomic E-state index is 17.1. The summed E-state index contributed by atoms with van der Waals surface area (Å²) in [5.74, 6) is 1.80. The number of ether oxygens (including phenoxy) is 2. The Balaban J connectivity index is 1.21. The molecule has 2 atom stereocenters. The highest BCUT2D eigenvalue weighted by Gasteiger charge is 2.45. The van der Waals surface area contributed by atoms with Crippen molar-refractivity contribution in [2.45, 2.75) is 57.5 Å². The summed E-state index contributed by atoms with van der Waals surface area (Å²) in [4.78, 5) is 18.7. The van der Waals surface area contributed by atoms with Crippen molar-refractivity contribution in [2.24, 2.45) is 5.41 Å². The first kappa shape index (κ1) is 32.7. The molecule has 4 aliphatic rings. The van der Waals surface area contributed by atoms with Crippen molar-refractivity contribution in [1.29, 1.82) is 0 Å². The summed E-state index contributed by atoms with van der Waals surface area (Å²) in [6.07, 6.45) is 8.86. The molecule has 1 aliphatic carbocycles. The van der Waals surface area contributed by atoms with E-state index in [1.54, 1.807) is 24.3 Å². The van der Waals surface area contributed by atoms with Crippen LogP contribution in [0.1, 0.15) is 51.0 Å². The van der Waals surface area contributed by atoms with Gasteiger partial charge in [-0.2, -0.15) is 18.7 Å². The molecule has 4 fully saturated rings. The van der Waals surface area contributed by atoms with Crippen LogP contribution in [0.25, 0.3) is 32.9 Å². The lowest BCUT2D eigenvalue weighted by atomic mass is 9.96. The Bertz CT molecular complexity index is 2040. The first-order valence-corrected chi connectivity index (χ1v) is 17.4. The topological polar surface area (TPSA) is 75.6 Å². The second-order valence-corrected chi connectivity index (χ2v) is 14.0. The minimum atomic E-state index is -1.56. The Kier molecular flexibility index (Phi) is 8.51. The Morgan fingerprint density at radius 2 is 1.76 bits per heavy atom. The minimum Gasteiger partial charge on any atom is -0.477 e. The molecule has 1 saturated carbocycles. The van der Waals surface area contributed by atoms with Gasteiger partial charge in [-0.25, -0.2) is 13.8 Å². The van der Waals surface area contributed by atoms with Crippen LogP contribution in [-0.4, -0.2) is 77.9 Å². The third-order valence-corrected chi connectivity index (χ3v) is 10.7. The molecule has 50 heavy (non-hydrogen) atoms. The number of rotatable bonds is 9. The standard InChI is InChI=1S/C38H38F4N6O2/c1-3-26-28(39)11-8-22-6-5-7-27(29(22)26)32-31(40)33-30(36(44-32)49-4-2)35(48-18-24-9-10-25(19-48)43-24)46-37(45-33)50-21-38(14-15-38)20-47-16-12-23(13-17-47)34(41)42/h1,5-8,11,24-25,43H,4,9-10,12-21H2,2H3/t24-,25+. The molecular formula is C38H38F4N6O2. The molecule has 8 nitrogen and oxygen atoms in total. The first-order chi connectivity index (χ1) is 24.3. The number of nitrogens with one attached hydrogen (secondary N) is 1. The number of hydrogen-bond acceptors (Lipinski definition) is 8. The van der Waals surface area contributed by atoms with E-state index in [1.165, 1.54) is 6.07 Å². The maximum atomic E-state index is 17.1. The highest BCUT2D eigenvalue weighted by molar-refractivity contribution is 6.03. The minimum absolute atomic E-state index is 0.00608. The quantitative estimate of drug-likeness (QED) is 0.152. The normalized spacial score (nSPS) is 21.4. The Hall–Kier alpha value is -4.47. The molecule has 5 heterocycles. The van der Waals surface area contributed by atoms with E-state index >= 15 is 4.39 Å². The molecule has 0 amide bonds. The molecule has 4 aromatic rings. The van der Waals surface area contributed by atoms with Gasteiger partial charge in [-0.05, 0) is 62.5 Å². The molecule has 3 saturated heterocycles. The summed E-state index contributed by atoms with van der Waals surface area (Å²) >= 11 is 0.